The number of hydrogen-bond acceptors (Lipinski definition) is 4. The molecule has 0 atom stereocenters. The molecule has 1 saturated carbocycles. The molecule has 1 aromatic rings. The first-order valence-corrected chi connectivity index (χ1v) is 6.24. The largest absolute Gasteiger partial charge is 0.385 e. The molecule has 0 aliphatic heterocycles. The van der Waals surface area contributed by atoms with Gasteiger partial charge in [0, 0.05) is 17.8 Å². The molecule has 1 aliphatic carbocycles. The zero-order valence-corrected chi connectivity index (χ0v) is 10.7. The summed E-state index contributed by atoms with van der Waals surface area (Å²) < 4.78 is 0. The standard InChI is InChI=1S/C12H18ClN3O/c1-15-9-2-4-12(17,5-3-9)10-6-8(13)7-16-11(10)14/h6-7,9,15,17H,2-5H2,1H3,(H2,14,16). The summed E-state index contributed by atoms with van der Waals surface area (Å²) in [5.41, 5.74) is 5.61. The van der Waals surface area contributed by atoms with Crippen molar-refractivity contribution in [3.05, 3.63) is 22.8 Å². The molecule has 1 aliphatic rings. The fraction of sp³-hybridized carbons (Fsp3) is 0.583. The Labute approximate surface area is 106 Å². The summed E-state index contributed by atoms with van der Waals surface area (Å²) in [6.45, 7) is 0. The maximum absolute atomic E-state index is 10.7. The number of nitrogen functional groups attached to an aromatic ring is 1. The highest BCUT2D eigenvalue weighted by Gasteiger charge is 2.36. The van der Waals surface area contributed by atoms with Crippen molar-refractivity contribution in [1.29, 1.82) is 0 Å². The molecule has 0 bridgehead atoms. The number of pyridine rings is 1. The van der Waals surface area contributed by atoms with Crippen LogP contribution in [0.15, 0.2) is 12.3 Å². The third-order valence-corrected chi connectivity index (χ3v) is 3.81. The van der Waals surface area contributed by atoms with E-state index >= 15 is 0 Å². The normalized spacial score (nSPS) is 29.2. The fourth-order valence-corrected chi connectivity index (χ4v) is 2.63. The maximum atomic E-state index is 10.7. The van der Waals surface area contributed by atoms with Gasteiger partial charge in [-0.1, -0.05) is 11.6 Å². The Hall–Kier alpha value is -0.840. The molecule has 0 saturated heterocycles. The third-order valence-electron chi connectivity index (χ3n) is 3.61. The first kappa shape index (κ1) is 12.6. The van der Waals surface area contributed by atoms with E-state index in [0.717, 1.165) is 12.8 Å². The van der Waals surface area contributed by atoms with Crippen LogP contribution in [0.2, 0.25) is 5.02 Å². The molecule has 0 amide bonds. The molecule has 1 heterocycles. The van der Waals surface area contributed by atoms with Gasteiger partial charge in [-0.3, -0.25) is 0 Å². The lowest BCUT2D eigenvalue weighted by molar-refractivity contribution is -0.00716. The lowest BCUT2D eigenvalue weighted by atomic mass is 9.78. The second-order valence-electron chi connectivity index (χ2n) is 4.68. The highest BCUT2D eigenvalue weighted by atomic mass is 35.5. The Morgan fingerprint density at radius 1 is 1.53 bits per heavy atom. The van der Waals surface area contributed by atoms with Gasteiger partial charge in [-0.15, -0.1) is 0 Å². The molecule has 5 heteroatoms. The SMILES string of the molecule is CNC1CCC(O)(c2cc(Cl)cnc2N)CC1. The van der Waals surface area contributed by atoms with Gasteiger partial charge in [-0.2, -0.15) is 0 Å². The number of nitrogens with zero attached hydrogens (tertiary/aromatic N) is 1. The zero-order chi connectivity index (χ0) is 12.5. The van der Waals surface area contributed by atoms with Crippen molar-refractivity contribution in [2.24, 2.45) is 0 Å². The predicted molar refractivity (Wildman–Crippen MR) is 68.9 cm³/mol. The van der Waals surface area contributed by atoms with Crippen molar-refractivity contribution in [2.75, 3.05) is 12.8 Å². The van der Waals surface area contributed by atoms with E-state index in [1.165, 1.54) is 6.20 Å². The minimum Gasteiger partial charge on any atom is -0.385 e. The molecule has 17 heavy (non-hydrogen) atoms. The Bertz CT molecular complexity index is 403. The van der Waals surface area contributed by atoms with Crippen LogP contribution in [0.3, 0.4) is 0 Å². The van der Waals surface area contributed by atoms with E-state index in [2.05, 4.69) is 10.3 Å². The lowest BCUT2D eigenvalue weighted by Crippen LogP contribution is -2.38. The number of halogens is 1. The van der Waals surface area contributed by atoms with Gasteiger partial charge < -0.3 is 16.2 Å². The van der Waals surface area contributed by atoms with Crippen molar-refractivity contribution < 1.29 is 5.11 Å². The molecule has 4 N–H and O–H groups in total. The van der Waals surface area contributed by atoms with Gasteiger partial charge in [0.2, 0.25) is 0 Å². The van der Waals surface area contributed by atoms with Crippen molar-refractivity contribution >= 4 is 17.4 Å². The third kappa shape index (κ3) is 2.54. The van der Waals surface area contributed by atoms with E-state index in [1.54, 1.807) is 6.07 Å². The molecule has 1 fully saturated rings. The predicted octanol–water partition coefficient (Wildman–Crippen LogP) is 1.67. The van der Waals surface area contributed by atoms with E-state index in [0.29, 0.717) is 35.3 Å². The number of anilines is 1. The number of hydrogen-bond donors (Lipinski definition) is 3. The molecular weight excluding hydrogens is 238 g/mol. The first-order valence-electron chi connectivity index (χ1n) is 5.86. The minimum absolute atomic E-state index is 0.375. The summed E-state index contributed by atoms with van der Waals surface area (Å²) >= 11 is 5.91. The molecule has 0 unspecified atom stereocenters. The monoisotopic (exact) mass is 255 g/mol. The number of nitrogens with one attached hydrogen (secondary N) is 1. The Kier molecular flexibility index (Phi) is 3.56. The van der Waals surface area contributed by atoms with Gasteiger partial charge in [0.1, 0.15) is 5.82 Å². The first-order chi connectivity index (χ1) is 8.05. The summed E-state index contributed by atoms with van der Waals surface area (Å²) in [7, 11) is 1.95. The van der Waals surface area contributed by atoms with Crippen LogP contribution in [0.5, 0.6) is 0 Å². The van der Waals surface area contributed by atoms with Crippen LogP contribution >= 0.6 is 11.6 Å². The van der Waals surface area contributed by atoms with Crippen molar-refractivity contribution in [3.8, 4) is 0 Å². The van der Waals surface area contributed by atoms with Gasteiger partial charge in [0.25, 0.3) is 0 Å². The van der Waals surface area contributed by atoms with Crippen molar-refractivity contribution in [3.63, 3.8) is 0 Å². The smallest absolute Gasteiger partial charge is 0.129 e. The molecule has 0 aromatic carbocycles. The van der Waals surface area contributed by atoms with E-state index < -0.39 is 5.60 Å². The summed E-state index contributed by atoms with van der Waals surface area (Å²) in [5, 5.41) is 14.4. The summed E-state index contributed by atoms with van der Waals surface area (Å²) in [6, 6.07) is 2.20. The van der Waals surface area contributed by atoms with Gasteiger partial charge in [0.15, 0.2) is 0 Å². The minimum atomic E-state index is -0.880. The molecule has 1 aromatic heterocycles. The van der Waals surface area contributed by atoms with E-state index in [4.69, 9.17) is 17.3 Å². The van der Waals surface area contributed by atoms with Crippen molar-refractivity contribution in [2.45, 2.75) is 37.3 Å². The number of nitrogens with two attached hydrogens (primary N) is 1. The summed E-state index contributed by atoms with van der Waals surface area (Å²) in [6.07, 6.45) is 4.73. The fourth-order valence-electron chi connectivity index (χ4n) is 2.48. The second kappa shape index (κ2) is 4.80. The lowest BCUT2D eigenvalue weighted by Gasteiger charge is -2.36. The van der Waals surface area contributed by atoms with E-state index in [9.17, 15) is 5.11 Å². The number of aliphatic hydroxyl groups is 1. The number of aromatic nitrogens is 1. The maximum Gasteiger partial charge on any atom is 0.129 e. The molecule has 2 rings (SSSR count). The van der Waals surface area contributed by atoms with Gasteiger partial charge >= 0.3 is 0 Å². The average molecular weight is 256 g/mol. The van der Waals surface area contributed by atoms with Crippen LogP contribution in [-0.4, -0.2) is 23.2 Å². The van der Waals surface area contributed by atoms with Crippen LogP contribution in [-0.2, 0) is 5.60 Å². The van der Waals surface area contributed by atoms with Crippen LogP contribution in [0.25, 0.3) is 0 Å². The quantitative estimate of drug-likeness (QED) is 0.752. The Balaban J connectivity index is 2.24. The van der Waals surface area contributed by atoms with Gasteiger partial charge in [-0.05, 0) is 38.8 Å². The summed E-state index contributed by atoms with van der Waals surface area (Å²) in [5.74, 6) is 0.375. The highest BCUT2D eigenvalue weighted by molar-refractivity contribution is 6.30. The van der Waals surface area contributed by atoms with Gasteiger partial charge in [-0.25, -0.2) is 4.98 Å². The molecular formula is C12H18ClN3O. The molecule has 4 nitrogen and oxygen atoms in total. The van der Waals surface area contributed by atoms with Crippen LogP contribution in [0.4, 0.5) is 5.82 Å². The molecule has 0 radical (unpaired) electrons. The summed E-state index contributed by atoms with van der Waals surface area (Å²) in [4.78, 5) is 4.01. The van der Waals surface area contributed by atoms with Crippen LogP contribution in [0.1, 0.15) is 31.2 Å². The van der Waals surface area contributed by atoms with E-state index in [-0.39, 0.29) is 0 Å². The molecule has 94 valence electrons. The van der Waals surface area contributed by atoms with Crippen LogP contribution in [0, 0.1) is 0 Å². The topological polar surface area (TPSA) is 71.2 Å². The molecule has 0 spiro atoms. The Morgan fingerprint density at radius 2 is 2.18 bits per heavy atom. The second-order valence-corrected chi connectivity index (χ2v) is 5.12. The van der Waals surface area contributed by atoms with Crippen molar-refractivity contribution in [1.82, 2.24) is 10.3 Å². The zero-order valence-electron chi connectivity index (χ0n) is 9.91. The Morgan fingerprint density at radius 3 is 2.76 bits per heavy atom. The average Bonchev–Trinajstić information content (AvgIpc) is 2.33. The number of rotatable bonds is 2. The van der Waals surface area contributed by atoms with E-state index in [1.807, 2.05) is 7.05 Å². The highest BCUT2D eigenvalue weighted by Crippen LogP contribution is 2.39. The van der Waals surface area contributed by atoms with Crippen LogP contribution < -0.4 is 11.1 Å². The van der Waals surface area contributed by atoms with Gasteiger partial charge in [0.05, 0.1) is 10.6 Å².